The summed E-state index contributed by atoms with van der Waals surface area (Å²) in [7, 11) is 2.17. The normalized spacial score (nSPS) is 19.7. The number of aromatic nitrogens is 2. The first-order chi connectivity index (χ1) is 14.6. The van der Waals surface area contributed by atoms with Crippen LogP contribution in [0.5, 0.6) is 11.5 Å². The fourth-order valence-corrected chi connectivity index (χ4v) is 4.03. The van der Waals surface area contributed by atoms with Crippen molar-refractivity contribution in [2.75, 3.05) is 51.7 Å². The van der Waals surface area contributed by atoms with E-state index in [1.165, 1.54) is 5.56 Å². The Morgan fingerprint density at radius 1 is 1.07 bits per heavy atom. The molecule has 5 rings (SSSR count). The molecule has 2 aliphatic heterocycles. The van der Waals surface area contributed by atoms with Crippen molar-refractivity contribution < 1.29 is 9.47 Å². The van der Waals surface area contributed by atoms with E-state index in [4.69, 9.17) is 9.47 Å². The van der Waals surface area contributed by atoms with Crippen LogP contribution in [0.15, 0.2) is 42.7 Å². The summed E-state index contributed by atoms with van der Waals surface area (Å²) in [4.78, 5) is 13.7. The number of fused-ring (bicyclic) bond motifs is 2. The molecule has 3 heterocycles. The van der Waals surface area contributed by atoms with Crippen molar-refractivity contribution in [3.63, 3.8) is 0 Å². The van der Waals surface area contributed by atoms with E-state index in [1.54, 1.807) is 6.33 Å². The highest BCUT2D eigenvalue weighted by molar-refractivity contribution is 5.93. The van der Waals surface area contributed by atoms with Crippen LogP contribution in [0.3, 0.4) is 0 Å². The van der Waals surface area contributed by atoms with Crippen molar-refractivity contribution in [3.8, 4) is 11.5 Å². The molecule has 0 spiro atoms. The van der Waals surface area contributed by atoms with Crippen LogP contribution in [0.4, 0.5) is 11.5 Å². The van der Waals surface area contributed by atoms with Crippen LogP contribution >= 0.6 is 0 Å². The van der Waals surface area contributed by atoms with Crippen LogP contribution in [-0.4, -0.2) is 72.3 Å². The van der Waals surface area contributed by atoms with Crippen molar-refractivity contribution in [2.45, 2.75) is 13.0 Å². The van der Waals surface area contributed by atoms with Gasteiger partial charge in [-0.25, -0.2) is 9.97 Å². The quantitative estimate of drug-likeness (QED) is 0.716. The number of benzene rings is 2. The molecule has 2 aromatic carbocycles. The van der Waals surface area contributed by atoms with Gasteiger partial charge in [0.1, 0.15) is 24.9 Å². The largest absolute Gasteiger partial charge is 0.486 e. The van der Waals surface area contributed by atoms with Crippen molar-refractivity contribution >= 4 is 22.4 Å². The zero-order valence-electron chi connectivity index (χ0n) is 17.5. The first kappa shape index (κ1) is 19.1. The van der Waals surface area contributed by atoms with Gasteiger partial charge in [0.2, 0.25) is 0 Å². The highest BCUT2D eigenvalue weighted by Gasteiger charge is 2.26. The molecule has 1 N–H and O–H groups in total. The smallest absolute Gasteiger partial charge is 0.163 e. The van der Waals surface area contributed by atoms with E-state index in [2.05, 4.69) is 51.2 Å². The number of anilines is 2. The molecule has 1 fully saturated rings. The Morgan fingerprint density at radius 2 is 1.93 bits per heavy atom. The first-order valence-corrected chi connectivity index (χ1v) is 10.5. The standard InChI is InChI=1S/C23H27N5O2/c1-16-4-3-5-17(10-16)26-23-19-11-22-21(12-20(19)24-15-25-23)29-14-18(30-22)13-28-8-6-27(2)7-9-28/h3-5,10-12,15,18H,6-9,13-14H2,1-2H3,(H,24,25,26). The highest BCUT2D eigenvalue weighted by Crippen LogP contribution is 2.37. The summed E-state index contributed by atoms with van der Waals surface area (Å²) < 4.78 is 12.4. The third-order valence-electron chi connectivity index (χ3n) is 5.76. The van der Waals surface area contributed by atoms with Gasteiger partial charge in [0.05, 0.1) is 5.52 Å². The molecule has 0 aliphatic carbocycles. The summed E-state index contributed by atoms with van der Waals surface area (Å²) in [5.74, 6) is 2.27. The Bertz CT molecular complexity index is 1050. The second-order valence-electron chi connectivity index (χ2n) is 8.19. The number of aryl methyl sites for hydroxylation is 1. The van der Waals surface area contributed by atoms with Gasteiger partial charge >= 0.3 is 0 Å². The molecule has 30 heavy (non-hydrogen) atoms. The maximum absolute atomic E-state index is 6.33. The molecular formula is C23H27N5O2. The summed E-state index contributed by atoms with van der Waals surface area (Å²) in [6.07, 6.45) is 1.60. The molecule has 3 aromatic rings. The number of rotatable bonds is 4. The molecule has 7 heteroatoms. The van der Waals surface area contributed by atoms with Crippen LogP contribution in [-0.2, 0) is 0 Å². The molecular weight excluding hydrogens is 378 g/mol. The van der Waals surface area contributed by atoms with Crippen LogP contribution in [0.1, 0.15) is 5.56 Å². The Hall–Kier alpha value is -2.90. The van der Waals surface area contributed by atoms with E-state index in [9.17, 15) is 0 Å². The zero-order chi connectivity index (χ0) is 20.5. The molecule has 2 aliphatic rings. The van der Waals surface area contributed by atoms with Gasteiger partial charge in [-0.3, -0.25) is 4.90 Å². The first-order valence-electron chi connectivity index (χ1n) is 10.5. The number of likely N-dealkylation sites (N-methyl/N-ethyl adjacent to an activating group) is 1. The van der Waals surface area contributed by atoms with Gasteiger partial charge in [0, 0.05) is 49.9 Å². The number of nitrogens with zero attached hydrogens (tertiary/aromatic N) is 4. The van der Waals surface area contributed by atoms with Gasteiger partial charge in [-0.15, -0.1) is 0 Å². The lowest BCUT2D eigenvalue weighted by atomic mass is 10.1. The number of hydrogen-bond donors (Lipinski definition) is 1. The molecule has 0 bridgehead atoms. The van der Waals surface area contributed by atoms with Crippen LogP contribution in [0.25, 0.3) is 10.9 Å². The molecule has 1 saturated heterocycles. The maximum atomic E-state index is 6.33. The number of ether oxygens (including phenoxy) is 2. The van der Waals surface area contributed by atoms with Crippen LogP contribution in [0, 0.1) is 6.92 Å². The summed E-state index contributed by atoms with van der Waals surface area (Å²) in [5, 5.41) is 4.33. The van der Waals surface area contributed by atoms with Crippen molar-refractivity contribution in [3.05, 3.63) is 48.3 Å². The van der Waals surface area contributed by atoms with E-state index in [-0.39, 0.29) is 6.10 Å². The third kappa shape index (κ3) is 4.04. The summed E-state index contributed by atoms with van der Waals surface area (Å²) in [6.45, 7) is 7.85. The predicted octanol–water partition coefficient (Wildman–Crippen LogP) is 3.07. The lowest BCUT2D eigenvalue weighted by Crippen LogP contribution is -2.49. The molecule has 0 amide bonds. The number of hydrogen-bond acceptors (Lipinski definition) is 7. The number of piperazine rings is 1. The van der Waals surface area contributed by atoms with Crippen molar-refractivity contribution in [2.24, 2.45) is 0 Å². The SMILES string of the molecule is Cc1cccc(Nc2ncnc3cc4c(cc23)OC(CN2CCN(C)CC2)CO4)c1. The maximum Gasteiger partial charge on any atom is 0.163 e. The van der Waals surface area contributed by atoms with Crippen molar-refractivity contribution in [1.82, 2.24) is 19.8 Å². The average Bonchev–Trinajstić information content (AvgIpc) is 2.74. The highest BCUT2D eigenvalue weighted by atomic mass is 16.6. The summed E-state index contributed by atoms with van der Waals surface area (Å²) >= 11 is 0. The molecule has 0 radical (unpaired) electrons. The fourth-order valence-electron chi connectivity index (χ4n) is 4.03. The molecule has 0 saturated carbocycles. The molecule has 1 unspecified atom stereocenters. The van der Waals surface area contributed by atoms with Gasteiger partial charge in [-0.1, -0.05) is 12.1 Å². The molecule has 7 nitrogen and oxygen atoms in total. The molecule has 1 aromatic heterocycles. The Labute approximate surface area is 176 Å². The van der Waals surface area contributed by atoms with Gasteiger partial charge in [0.15, 0.2) is 11.5 Å². The third-order valence-corrected chi connectivity index (χ3v) is 5.76. The van der Waals surface area contributed by atoms with Crippen LogP contribution in [0.2, 0.25) is 0 Å². The fraction of sp³-hybridized carbons (Fsp3) is 0.391. The minimum absolute atomic E-state index is 0.0242. The van der Waals surface area contributed by atoms with E-state index in [0.717, 1.165) is 66.6 Å². The average molecular weight is 406 g/mol. The van der Waals surface area contributed by atoms with Crippen LogP contribution < -0.4 is 14.8 Å². The van der Waals surface area contributed by atoms with E-state index >= 15 is 0 Å². The van der Waals surface area contributed by atoms with Gasteiger partial charge in [-0.05, 0) is 37.7 Å². The van der Waals surface area contributed by atoms with Gasteiger partial charge in [-0.2, -0.15) is 0 Å². The Balaban J connectivity index is 1.38. The minimum atomic E-state index is 0.0242. The summed E-state index contributed by atoms with van der Waals surface area (Å²) in [5.41, 5.74) is 3.03. The van der Waals surface area contributed by atoms with E-state index in [0.29, 0.717) is 6.61 Å². The topological polar surface area (TPSA) is 62.8 Å². The van der Waals surface area contributed by atoms with E-state index < -0.39 is 0 Å². The van der Waals surface area contributed by atoms with Crippen molar-refractivity contribution in [1.29, 1.82) is 0 Å². The monoisotopic (exact) mass is 405 g/mol. The number of nitrogens with one attached hydrogen (secondary N) is 1. The molecule has 1 atom stereocenters. The zero-order valence-corrected chi connectivity index (χ0v) is 17.5. The lowest BCUT2D eigenvalue weighted by Gasteiger charge is -2.36. The summed E-state index contributed by atoms with van der Waals surface area (Å²) in [6, 6.07) is 12.2. The second kappa shape index (κ2) is 8.08. The molecule has 156 valence electrons. The minimum Gasteiger partial charge on any atom is -0.486 e. The predicted molar refractivity (Wildman–Crippen MR) is 118 cm³/mol. The Morgan fingerprint density at radius 3 is 2.77 bits per heavy atom. The van der Waals surface area contributed by atoms with Gasteiger partial charge in [0.25, 0.3) is 0 Å². The van der Waals surface area contributed by atoms with E-state index in [1.807, 2.05) is 24.3 Å². The Kier molecular flexibility index (Phi) is 5.14. The second-order valence-corrected chi connectivity index (χ2v) is 8.19. The lowest BCUT2D eigenvalue weighted by molar-refractivity contribution is 0.0442. The van der Waals surface area contributed by atoms with Gasteiger partial charge < -0.3 is 19.7 Å².